The van der Waals surface area contributed by atoms with Crippen molar-refractivity contribution in [2.45, 2.75) is 119 Å². The van der Waals surface area contributed by atoms with Crippen molar-refractivity contribution in [1.29, 1.82) is 0 Å². The number of quaternary nitrogens is 4. The van der Waals surface area contributed by atoms with E-state index in [1.165, 1.54) is 123 Å². The number of hydrogen-bond acceptors (Lipinski definition) is 4. The minimum atomic E-state index is 0.332. The Morgan fingerprint density at radius 1 is 0.431 bits per heavy atom. The highest BCUT2D eigenvalue weighted by molar-refractivity contribution is 5.13. The lowest BCUT2D eigenvalue weighted by Crippen LogP contribution is -3.14. The first kappa shape index (κ1) is 46.1. The van der Waals surface area contributed by atoms with Crippen molar-refractivity contribution in [2.24, 2.45) is 0 Å². The van der Waals surface area contributed by atoms with Crippen LogP contribution in [0.5, 0.6) is 0 Å². The van der Waals surface area contributed by atoms with Gasteiger partial charge in [-0.15, -0.1) is 0 Å². The lowest BCUT2D eigenvalue weighted by atomic mass is 10.0. The molecule has 4 aliphatic heterocycles. The Labute approximate surface area is 318 Å². The first-order valence-electron chi connectivity index (χ1n) is 20.9. The van der Waals surface area contributed by atoms with Crippen LogP contribution in [0.3, 0.4) is 0 Å². The van der Waals surface area contributed by atoms with Gasteiger partial charge < -0.3 is 19.6 Å². The number of nitrogens with zero attached hydrogens (tertiary/aromatic N) is 4. The highest BCUT2D eigenvalue weighted by atomic mass is 15.3. The Balaban J connectivity index is 0.000000240. The number of rotatable bonds is 3. The number of likely N-dealkylation sites (N-methyl/N-ethyl adjacent to an activating group) is 3. The molecule has 8 heteroatoms. The van der Waals surface area contributed by atoms with Crippen LogP contribution >= 0.6 is 0 Å². The molecule has 0 amide bonds. The standard InChI is InChI=1S/C15H24N2.C10H22N2.2C9H20N2/c1-15(2,3)17-11-9-16(10-12-17)13-14-7-5-4-6-8-14;1-5-11-6-8-12(9-7-11)10(2,3)4;2*1-9(2,3)11-7-5-10(4)6-8-11/h4-8H,9-13H2,1-3H3;5-9H2,1-4H3;2*5-8H2,1-4H3/p+4. The summed E-state index contributed by atoms with van der Waals surface area (Å²) in [6.07, 6.45) is 0. The second kappa shape index (κ2) is 21.1. The minimum absolute atomic E-state index is 0.332. The van der Waals surface area contributed by atoms with Crippen LogP contribution in [0, 0.1) is 0 Å². The molecule has 0 bridgehead atoms. The second-order valence-corrected chi connectivity index (χ2v) is 20.1. The van der Waals surface area contributed by atoms with Crippen LogP contribution in [0.1, 0.15) is 95.6 Å². The monoisotopic (exact) mass is 719 g/mol. The SMILES string of the molecule is CC(C)(C)N1CC[NH+](Cc2ccccc2)CC1.CC[NH+]1CCN(C(C)(C)C)CC1.C[NH+]1CCN(C(C)(C)C)CC1.C[NH+]1CCN(C(C)(C)C)CC1. The van der Waals surface area contributed by atoms with Gasteiger partial charge in [0.15, 0.2) is 0 Å². The topological polar surface area (TPSA) is 30.7 Å². The van der Waals surface area contributed by atoms with E-state index in [-0.39, 0.29) is 0 Å². The predicted molar refractivity (Wildman–Crippen MR) is 221 cm³/mol. The number of piperazine rings is 4. The van der Waals surface area contributed by atoms with Crippen molar-refractivity contribution < 1.29 is 19.6 Å². The summed E-state index contributed by atoms with van der Waals surface area (Å²) in [6.45, 7) is 52.9. The summed E-state index contributed by atoms with van der Waals surface area (Å²) in [5.74, 6) is 0. The van der Waals surface area contributed by atoms with Crippen molar-refractivity contribution >= 4 is 0 Å². The zero-order chi connectivity index (χ0) is 38.5. The molecule has 0 unspecified atom stereocenters. The van der Waals surface area contributed by atoms with E-state index >= 15 is 0 Å². The normalized spacial score (nSPS) is 22.3. The van der Waals surface area contributed by atoms with Crippen LogP contribution in [0.4, 0.5) is 0 Å². The number of hydrogen-bond donors (Lipinski definition) is 4. The molecule has 0 aliphatic carbocycles. The molecule has 298 valence electrons. The molecule has 0 aromatic heterocycles. The largest absolute Gasteiger partial charge is 0.335 e. The minimum Gasteiger partial charge on any atom is -0.335 e. The highest BCUT2D eigenvalue weighted by Gasteiger charge is 2.29. The Bertz CT molecular complexity index is 987. The van der Waals surface area contributed by atoms with Crippen LogP contribution in [0.25, 0.3) is 0 Å². The van der Waals surface area contributed by atoms with E-state index in [9.17, 15) is 0 Å². The van der Waals surface area contributed by atoms with Crippen molar-refractivity contribution in [3.63, 3.8) is 0 Å². The summed E-state index contributed by atoms with van der Waals surface area (Å²) >= 11 is 0. The molecule has 1 aromatic carbocycles. The van der Waals surface area contributed by atoms with Crippen molar-refractivity contribution in [1.82, 2.24) is 19.6 Å². The van der Waals surface area contributed by atoms with E-state index in [1.54, 1.807) is 19.6 Å². The van der Waals surface area contributed by atoms with E-state index < -0.39 is 0 Å². The summed E-state index contributed by atoms with van der Waals surface area (Å²) in [6, 6.07) is 10.9. The fraction of sp³-hybridized carbons (Fsp3) is 0.860. The van der Waals surface area contributed by atoms with Gasteiger partial charge in [0.1, 0.15) is 6.54 Å². The molecular formula is C43H90N8+4. The van der Waals surface area contributed by atoms with Crippen LogP contribution in [-0.2, 0) is 6.54 Å². The van der Waals surface area contributed by atoms with Gasteiger partial charge in [-0.05, 0) is 90.0 Å². The molecule has 0 radical (unpaired) electrons. The second-order valence-electron chi connectivity index (χ2n) is 20.1. The first-order valence-corrected chi connectivity index (χ1v) is 20.9. The smallest absolute Gasteiger partial charge is 0.103 e. The third-order valence-corrected chi connectivity index (χ3v) is 11.8. The Morgan fingerprint density at radius 3 is 0.980 bits per heavy atom. The third kappa shape index (κ3) is 18.2. The van der Waals surface area contributed by atoms with Gasteiger partial charge in [0.2, 0.25) is 0 Å². The van der Waals surface area contributed by atoms with Crippen LogP contribution in [0.2, 0.25) is 0 Å². The zero-order valence-corrected chi connectivity index (χ0v) is 36.9. The molecule has 51 heavy (non-hydrogen) atoms. The summed E-state index contributed by atoms with van der Waals surface area (Å²) in [4.78, 5) is 17.1. The molecule has 4 aliphatic rings. The molecule has 4 fully saturated rings. The molecule has 4 saturated heterocycles. The summed E-state index contributed by atoms with van der Waals surface area (Å²) in [5.41, 5.74) is 2.92. The van der Waals surface area contributed by atoms with E-state index in [1.807, 2.05) is 0 Å². The van der Waals surface area contributed by atoms with Crippen LogP contribution in [0.15, 0.2) is 30.3 Å². The van der Waals surface area contributed by atoms with E-state index in [0.29, 0.717) is 22.2 Å². The molecule has 8 nitrogen and oxygen atoms in total. The maximum Gasteiger partial charge on any atom is 0.103 e. The Hall–Kier alpha value is -1.10. The molecule has 4 heterocycles. The predicted octanol–water partition coefficient (Wildman–Crippen LogP) is 0.421. The van der Waals surface area contributed by atoms with Crippen molar-refractivity contribution in [3.8, 4) is 0 Å². The fourth-order valence-corrected chi connectivity index (χ4v) is 7.52. The van der Waals surface area contributed by atoms with Crippen molar-refractivity contribution in [2.75, 3.05) is 125 Å². The summed E-state index contributed by atoms with van der Waals surface area (Å²) in [7, 11) is 4.56. The van der Waals surface area contributed by atoms with Gasteiger partial charge >= 0.3 is 0 Å². The van der Waals surface area contributed by atoms with Gasteiger partial charge in [-0.2, -0.15) is 0 Å². The van der Waals surface area contributed by atoms with Gasteiger partial charge in [-0.1, -0.05) is 30.3 Å². The summed E-state index contributed by atoms with van der Waals surface area (Å²) in [5, 5.41) is 0. The summed E-state index contributed by atoms with van der Waals surface area (Å²) < 4.78 is 0. The maximum atomic E-state index is 2.60. The van der Waals surface area contributed by atoms with Crippen LogP contribution in [-0.4, -0.2) is 167 Å². The van der Waals surface area contributed by atoms with Gasteiger partial charge in [-0.3, -0.25) is 19.6 Å². The molecule has 0 atom stereocenters. The molecule has 4 N–H and O–H groups in total. The molecular weight excluding hydrogens is 629 g/mol. The average Bonchev–Trinajstić information content (AvgIpc) is 3.05. The fourth-order valence-electron chi connectivity index (χ4n) is 7.52. The number of nitrogens with one attached hydrogen (secondary N) is 4. The first-order chi connectivity index (χ1) is 23.6. The quantitative estimate of drug-likeness (QED) is 0.366. The lowest BCUT2D eigenvalue weighted by Gasteiger charge is -2.40. The lowest BCUT2D eigenvalue weighted by molar-refractivity contribution is -0.918. The van der Waals surface area contributed by atoms with E-state index in [4.69, 9.17) is 0 Å². The maximum absolute atomic E-state index is 2.60. The average molecular weight is 719 g/mol. The van der Waals surface area contributed by atoms with Crippen LogP contribution < -0.4 is 19.6 Å². The van der Waals surface area contributed by atoms with Gasteiger partial charge in [0.25, 0.3) is 0 Å². The third-order valence-electron chi connectivity index (χ3n) is 11.8. The molecule has 1 aromatic rings. The van der Waals surface area contributed by atoms with E-state index in [2.05, 4.69) is 154 Å². The van der Waals surface area contributed by atoms with Crippen molar-refractivity contribution in [3.05, 3.63) is 35.9 Å². The Kier molecular flexibility index (Phi) is 19.1. The Morgan fingerprint density at radius 2 is 0.706 bits per heavy atom. The zero-order valence-electron chi connectivity index (χ0n) is 36.9. The molecule has 5 rings (SSSR count). The van der Waals surface area contributed by atoms with Gasteiger partial charge in [0, 0.05) is 80.1 Å². The molecule has 0 saturated carbocycles. The molecule has 0 spiro atoms. The number of benzene rings is 1. The van der Waals surface area contributed by atoms with E-state index in [0.717, 1.165) is 0 Å². The van der Waals surface area contributed by atoms with Gasteiger partial charge in [-0.25, -0.2) is 0 Å². The highest BCUT2D eigenvalue weighted by Crippen LogP contribution is 2.14. The van der Waals surface area contributed by atoms with Gasteiger partial charge in [0.05, 0.1) is 73.0 Å².